The Hall–Kier alpha value is -2.74. The molecule has 0 spiro atoms. The number of benzene rings is 1. The highest BCUT2D eigenvalue weighted by molar-refractivity contribution is 5.80. The molecule has 3 aromatic rings. The van der Waals surface area contributed by atoms with Crippen LogP contribution in [0.2, 0.25) is 0 Å². The van der Waals surface area contributed by atoms with Crippen LogP contribution in [-0.2, 0) is 0 Å². The first-order chi connectivity index (χ1) is 8.36. The van der Waals surface area contributed by atoms with E-state index in [9.17, 15) is 0 Å². The number of aromatic amines is 1. The molecule has 5 heteroatoms. The minimum Gasteiger partial charge on any atom is -0.338 e. The second-order valence-corrected chi connectivity index (χ2v) is 3.56. The molecular weight excluding hydrogens is 214 g/mol. The summed E-state index contributed by atoms with van der Waals surface area (Å²) in [4.78, 5) is 7.58. The van der Waals surface area contributed by atoms with Crippen molar-refractivity contribution >= 4 is 11.0 Å². The summed E-state index contributed by atoms with van der Waals surface area (Å²) >= 11 is 0. The molecule has 0 aliphatic rings. The lowest BCUT2D eigenvalue weighted by Gasteiger charge is -1.91. The number of nitrogens with one attached hydrogen (secondary N) is 1. The summed E-state index contributed by atoms with van der Waals surface area (Å²) < 4.78 is 0. The molecule has 1 aromatic carbocycles. The molecule has 0 unspecified atom stereocenters. The minimum atomic E-state index is 0.612. The summed E-state index contributed by atoms with van der Waals surface area (Å²) in [6, 6.07) is 9.28. The highest BCUT2D eigenvalue weighted by Crippen LogP contribution is 2.19. The van der Waals surface area contributed by atoms with Crippen molar-refractivity contribution in [1.82, 2.24) is 20.2 Å². The van der Waals surface area contributed by atoms with E-state index in [4.69, 9.17) is 5.26 Å². The maximum Gasteiger partial charge on any atom is 0.140 e. The van der Waals surface area contributed by atoms with Crippen molar-refractivity contribution < 1.29 is 0 Å². The maximum absolute atomic E-state index is 8.82. The molecule has 3 rings (SSSR count). The number of fused-ring (bicyclic) bond motifs is 1. The second kappa shape index (κ2) is 3.68. The van der Waals surface area contributed by atoms with Crippen LogP contribution in [0.15, 0.2) is 36.7 Å². The van der Waals surface area contributed by atoms with Gasteiger partial charge >= 0.3 is 0 Å². The summed E-state index contributed by atoms with van der Waals surface area (Å²) in [5.74, 6) is 0.727. The van der Waals surface area contributed by atoms with E-state index in [1.807, 2.05) is 12.1 Å². The van der Waals surface area contributed by atoms with Gasteiger partial charge in [-0.05, 0) is 24.3 Å². The van der Waals surface area contributed by atoms with E-state index in [1.165, 1.54) is 0 Å². The van der Waals surface area contributed by atoms with Gasteiger partial charge in [0.2, 0.25) is 0 Å². The maximum atomic E-state index is 8.82. The fourth-order valence-electron chi connectivity index (χ4n) is 1.65. The van der Waals surface area contributed by atoms with Crippen LogP contribution < -0.4 is 0 Å². The van der Waals surface area contributed by atoms with Crippen LogP contribution in [0.25, 0.3) is 22.4 Å². The quantitative estimate of drug-likeness (QED) is 0.680. The van der Waals surface area contributed by atoms with Crippen molar-refractivity contribution in [2.24, 2.45) is 0 Å². The van der Waals surface area contributed by atoms with E-state index in [2.05, 4.69) is 26.2 Å². The van der Waals surface area contributed by atoms with Crippen molar-refractivity contribution in [3.63, 3.8) is 0 Å². The van der Waals surface area contributed by atoms with Gasteiger partial charge in [0.25, 0.3) is 0 Å². The summed E-state index contributed by atoms with van der Waals surface area (Å²) in [5, 5.41) is 16.3. The van der Waals surface area contributed by atoms with Gasteiger partial charge in [0.1, 0.15) is 5.82 Å². The van der Waals surface area contributed by atoms with Gasteiger partial charge in [0.15, 0.2) is 0 Å². The van der Waals surface area contributed by atoms with E-state index < -0.39 is 0 Å². The molecule has 0 radical (unpaired) electrons. The Morgan fingerprint density at radius 3 is 2.88 bits per heavy atom. The van der Waals surface area contributed by atoms with Crippen molar-refractivity contribution in [3.8, 4) is 17.5 Å². The molecule has 80 valence electrons. The monoisotopic (exact) mass is 221 g/mol. The predicted octanol–water partition coefficient (Wildman–Crippen LogP) is 1.89. The standard InChI is InChI=1S/C12H7N5/c13-6-8-1-2-10-11(5-8)17-12(16-10)9-3-4-14-15-7-9/h1-5,7H,(H,16,17). The Labute approximate surface area is 96.8 Å². The van der Waals surface area contributed by atoms with Crippen LogP contribution in [0.1, 0.15) is 5.56 Å². The highest BCUT2D eigenvalue weighted by atomic mass is 15.1. The summed E-state index contributed by atoms with van der Waals surface area (Å²) in [6.07, 6.45) is 3.26. The second-order valence-electron chi connectivity index (χ2n) is 3.56. The number of hydrogen-bond donors (Lipinski definition) is 1. The lowest BCUT2D eigenvalue weighted by molar-refractivity contribution is 1.03. The Morgan fingerprint density at radius 1 is 1.18 bits per heavy atom. The number of nitriles is 1. The largest absolute Gasteiger partial charge is 0.338 e. The Kier molecular flexibility index (Phi) is 2.06. The van der Waals surface area contributed by atoms with Crippen LogP contribution >= 0.6 is 0 Å². The molecule has 0 saturated heterocycles. The third kappa shape index (κ3) is 1.62. The normalized spacial score (nSPS) is 10.3. The van der Waals surface area contributed by atoms with Gasteiger partial charge < -0.3 is 4.98 Å². The Bertz CT molecular complexity index is 709. The molecule has 17 heavy (non-hydrogen) atoms. The van der Waals surface area contributed by atoms with Crippen LogP contribution in [0.3, 0.4) is 0 Å². The molecule has 0 fully saturated rings. The molecule has 2 heterocycles. The van der Waals surface area contributed by atoms with E-state index in [0.29, 0.717) is 5.56 Å². The number of nitrogens with zero attached hydrogens (tertiary/aromatic N) is 4. The van der Waals surface area contributed by atoms with Gasteiger partial charge in [-0.15, -0.1) is 0 Å². The zero-order chi connectivity index (χ0) is 11.7. The van der Waals surface area contributed by atoms with Gasteiger partial charge in [-0.2, -0.15) is 15.5 Å². The summed E-state index contributed by atoms with van der Waals surface area (Å²) in [6.45, 7) is 0. The molecule has 0 amide bonds. The van der Waals surface area contributed by atoms with Gasteiger partial charge in [-0.3, -0.25) is 0 Å². The molecule has 1 N–H and O–H groups in total. The van der Waals surface area contributed by atoms with Crippen LogP contribution in [-0.4, -0.2) is 20.2 Å². The van der Waals surface area contributed by atoms with Crippen LogP contribution in [0.5, 0.6) is 0 Å². The lowest BCUT2D eigenvalue weighted by Crippen LogP contribution is -1.83. The molecule has 5 nitrogen and oxygen atoms in total. The average Bonchev–Trinajstić information content (AvgIpc) is 2.82. The van der Waals surface area contributed by atoms with E-state index in [0.717, 1.165) is 22.4 Å². The Morgan fingerprint density at radius 2 is 2.12 bits per heavy atom. The van der Waals surface area contributed by atoms with Crippen molar-refractivity contribution in [3.05, 3.63) is 42.2 Å². The molecule has 0 atom stereocenters. The smallest absolute Gasteiger partial charge is 0.140 e. The number of aromatic nitrogens is 4. The Balaban J connectivity index is 2.18. The third-order valence-corrected chi connectivity index (χ3v) is 2.47. The van der Waals surface area contributed by atoms with Crippen molar-refractivity contribution in [1.29, 1.82) is 5.26 Å². The first-order valence-corrected chi connectivity index (χ1v) is 5.04. The number of hydrogen-bond acceptors (Lipinski definition) is 4. The highest BCUT2D eigenvalue weighted by Gasteiger charge is 2.05. The number of rotatable bonds is 1. The molecule has 0 aliphatic heterocycles. The average molecular weight is 221 g/mol. The van der Waals surface area contributed by atoms with E-state index in [1.54, 1.807) is 24.5 Å². The van der Waals surface area contributed by atoms with Gasteiger partial charge in [-0.25, -0.2) is 4.98 Å². The van der Waals surface area contributed by atoms with Gasteiger partial charge in [0.05, 0.1) is 35.1 Å². The fourth-order valence-corrected chi connectivity index (χ4v) is 1.65. The van der Waals surface area contributed by atoms with Gasteiger partial charge in [-0.1, -0.05) is 0 Å². The molecular formula is C12H7N5. The fraction of sp³-hybridized carbons (Fsp3) is 0. The molecule has 2 aromatic heterocycles. The molecule has 0 bridgehead atoms. The zero-order valence-corrected chi connectivity index (χ0v) is 8.75. The summed E-state index contributed by atoms with van der Waals surface area (Å²) in [5.41, 5.74) is 3.15. The van der Waals surface area contributed by atoms with Crippen LogP contribution in [0, 0.1) is 11.3 Å². The number of H-pyrrole nitrogens is 1. The summed E-state index contributed by atoms with van der Waals surface area (Å²) in [7, 11) is 0. The first kappa shape index (κ1) is 9.48. The van der Waals surface area contributed by atoms with Crippen molar-refractivity contribution in [2.45, 2.75) is 0 Å². The predicted molar refractivity (Wildman–Crippen MR) is 61.8 cm³/mol. The lowest BCUT2D eigenvalue weighted by atomic mass is 10.2. The zero-order valence-electron chi connectivity index (χ0n) is 8.75. The third-order valence-electron chi connectivity index (χ3n) is 2.47. The van der Waals surface area contributed by atoms with E-state index >= 15 is 0 Å². The number of imidazole rings is 1. The van der Waals surface area contributed by atoms with Gasteiger partial charge in [0, 0.05) is 5.56 Å². The molecule has 0 aliphatic carbocycles. The minimum absolute atomic E-state index is 0.612. The van der Waals surface area contributed by atoms with E-state index in [-0.39, 0.29) is 0 Å². The van der Waals surface area contributed by atoms with Crippen LogP contribution in [0.4, 0.5) is 0 Å². The first-order valence-electron chi connectivity index (χ1n) is 5.04. The topological polar surface area (TPSA) is 78.2 Å². The molecule has 0 saturated carbocycles. The van der Waals surface area contributed by atoms with Crippen molar-refractivity contribution in [2.75, 3.05) is 0 Å². The SMILES string of the molecule is N#Cc1ccc2nc(-c3ccnnc3)[nH]c2c1.